The molecule has 0 N–H and O–H groups in total. The Morgan fingerprint density at radius 3 is 2.40 bits per heavy atom. The number of pyridine rings is 1. The second kappa shape index (κ2) is 11.9. The monoisotopic (exact) mass is 621 g/mol. The molecule has 2 saturated heterocycles. The van der Waals surface area contributed by atoms with E-state index in [0.717, 1.165) is 30.9 Å². The van der Waals surface area contributed by atoms with E-state index in [9.17, 15) is 18.4 Å². The van der Waals surface area contributed by atoms with Gasteiger partial charge in [0.05, 0.1) is 18.9 Å². The van der Waals surface area contributed by atoms with E-state index in [4.69, 9.17) is 33.9 Å². The molecule has 220 valence electrons. The summed E-state index contributed by atoms with van der Waals surface area (Å²) in [7, 11) is 0. The predicted molar refractivity (Wildman–Crippen MR) is 161 cm³/mol. The fourth-order valence-electron chi connectivity index (χ4n) is 5.60. The van der Waals surface area contributed by atoms with Gasteiger partial charge in [-0.3, -0.25) is 13.9 Å². The SMILES string of the molecule is O=C1CC(c2ccc(N3CCOCC3)cc2)(c2cccc(Oc3ccc(F)c(F)c3)n2)N(S)C(=O)C1c1ccccc1Cl. The van der Waals surface area contributed by atoms with E-state index in [0.29, 0.717) is 35.1 Å². The zero-order valence-corrected chi connectivity index (χ0v) is 24.4. The molecule has 1 aromatic heterocycles. The molecule has 11 heteroatoms. The topological polar surface area (TPSA) is 72.0 Å². The molecular weight excluding hydrogens is 596 g/mol. The number of hydrogen-bond donors (Lipinski definition) is 1. The van der Waals surface area contributed by atoms with Gasteiger partial charge in [0.25, 0.3) is 0 Å². The van der Waals surface area contributed by atoms with Crippen LogP contribution in [-0.4, -0.2) is 47.3 Å². The van der Waals surface area contributed by atoms with Gasteiger partial charge in [-0.1, -0.05) is 60.8 Å². The summed E-state index contributed by atoms with van der Waals surface area (Å²) in [6, 6.07) is 22.3. The van der Waals surface area contributed by atoms with Crippen LogP contribution >= 0.6 is 24.4 Å². The summed E-state index contributed by atoms with van der Waals surface area (Å²) in [5.74, 6) is -4.04. The third-order valence-corrected chi connectivity index (χ3v) is 8.65. The van der Waals surface area contributed by atoms with Crippen molar-refractivity contribution in [3.63, 3.8) is 0 Å². The van der Waals surface area contributed by atoms with Gasteiger partial charge in [0, 0.05) is 42.4 Å². The number of amides is 1. The number of ketones is 1. The molecule has 0 saturated carbocycles. The van der Waals surface area contributed by atoms with Gasteiger partial charge in [0.2, 0.25) is 11.8 Å². The first-order valence-corrected chi connectivity index (χ1v) is 14.4. The lowest BCUT2D eigenvalue weighted by atomic mass is 9.74. The fraction of sp³-hybridized carbons (Fsp3) is 0.219. The third kappa shape index (κ3) is 5.46. The van der Waals surface area contributed by atoms with E-state index >= 15 is 0 Å². The van der Waals surface area contributed by atoms with E-state index < -0.39 is 29.0 Å². The average molecular weight is 622 g/mol. The van der Waals surface area contributed by atoms with Gasteiger partial charge < -0.3 is 14.4 Å². The fourth-order valence-corrected chi connectivity index (χ4v) is 6.25. The summed E-state index contributed by atoms with van der Waals surface area (Å²) in [4.78, 5) is 34.8. The Labute approximate surface area is 257 Å². The summed E-state index contributed by atoms with van der Waals surface area (Å²) in [6.45, 7) is 2.73. The molecule has 0 spiro atoms. The number of anilines is 1. The molecule has 1 amide bonds. The van der Waals surface area contributed by atoms with Crippen molar-refractivity contribution in [2.45, 2.75) is 17.9 Å². The number of nitrogens with zero attached hydrogens (tertiary/aromatic N) is 3. The van der Waals surface area contributed by atoms with Crippen LogP contribution in [0.25, 0.3) is 0 Å². The van der Waals surface area contributed by atoms with Crippen molar-refractivity contribution in [1.29, 1.82) is 0 Å². The number of thiol groups is 1. The number of Topliss-reactive ketones (excluding diaryl/α,β-unsaturated/α-hetero) is 1. The predicted octanol–water partition coefficient (Wildman–Crippen LogP) is 6.32. The van der Waals surface area contributed by atoms with Crippen LogP contribution in [0, 0.1) is 11.6 Å². The van der Waals surface area contributed by atoms with Crippen molar-refractivity contribution >= 4 is 41.8 Å². The van der Waals surface area contributed by atoms with Crippen LogP contribution in [0.3, 0.4) is 0 Å². The first kappa shape index (κ1) is 29.1. The minimum absolute atomic E-state index is 0.0322. The number of piperidine rings is 1. The summed E-state index contributed by atoms with van der Waals surface area (Å²) in [5, 5.41) is 0.304. The molecular formula is C32H26ClF2N3O4S. The Morgan fingerprint density at radius 1 is 0.930 bits per heavy atom. The first-order chi connectivity index (χ1) is 20.8. The van der Waals surface area contributed by atoms with Crippen LogP contribution in [0.15, 0.2) is 84.9 Å². The van der Waals surface area contributed by atoms with E-state index in [1.807, 2.05) is 24.3 Å². The van der Waals surface area contributed by atoms with Gasteiger partial charge in [-0.15, -0.1) is 0 Å². The van der Waals surface area contributed by atoms with E-state index in [1.54, 1.807) is 42.5 Å². The van der Waals surface area contributed by atoms with Crippen molar-refractivity contribution in [3.05, 3.63) is 118 Å². The smallest absolute Gasteiger partial charge is 0.248 e. The zero-order chi connectivity index (χ0) is 30.1. The number of ether oxygens (including phenoxy) is 2. The normalized spacial score (nSPS) is 20.8. The van der Waals surface area contributed by atoms with Crippen LogP contribution < -0.4 is 9.64 Å². The van der Waals surface area contributed by atoms with Gasteiger partial charge in [-0.05, 0) is 47.5 Å². The standard InChI is InChI=1S/C32H26ClF2N3O4S/c33-24-5-2-1-4-23(24)30-27(39)19-32(38(43)31(30)40,20-8-10-21(11-9-20)37-14-16-41-17-15-37)28-6-3-7-29(36-28)42-22-12-13-25(34)26(35)18-22/h1-13,18,30,43H,14-17,19H2. The van der Waals surface area contributed by atoms with Crippen LogP contribution in [0.5, 0.6) is 11.6 Å². The van der Waals surface area contributed by atoms with Crippen molar-refractivity contribution in [2.24, 2.45) is 0 Å². The molecule has 3 heterocycles. The van der Waals surface area contributed by atoms with Gasteiger partial charge in [-0.25, -0.2) is 13.8 Å². The largest absolute Gasteiger partial charge is 0.439 e. The maximum atomic E-state index is 14.0. The second-order valence-electron chi connectivity index (χ2n) is 10.3. The molecule has 4 aromatic rings. The highest BCUT2D eigenvalue weighted by Gasteiger charge is 2.53. The number of carbonyl (C=O) groups is 2. The quantitative estimate of drug-likeness (QED) is 0.201. The van der Waals surface area contributed by atoms with Gasteiger partial charge >= 0.3 is 0 Å². The number of aromatic nitrogens is 1. The molecule has 0 aliphatic carbocycles. The number of halogens is 3. The van der Waals surface area contributed by atoms with Crippen molar-refractivity contribution in [3.8, 4) is 11.6 Å². The number of carbonyl (C=O) groups excluding carboxylic acids is 2. The Balaban J connectivity index is 1.43. The van der Waals surface area contributed by atoms with Crippen molar-refractivity contribution in [2.75, 3.05) is 31.2 Å². The second-order valence-corrected chi connectivity index (χ2v) is 11.1. The van der Waals surface area contributed by atoms with Gasteiger partial charge in [0.15, 0.2) is 17.4 Å². The van der Waals surface area contributed by atoms with Crippen molar-refractivity contribution < 1.29 is 27.8 Å². The highest BCUT2D eigenvalue weighted by molar-refractivity contribution is 7.78. The molecule has 6 rings (SSSR count). The van der Waals surface area contributed by atoms with E-state index in [1.165, 1.54) is 10.4 Å². The summed E-state index contributed by atoms with van der Waals surface area (Å²) in [5.41, 5.74) is 0.861. The third-order valence-electron chi connectivity index (χ3n) is 7.77. The van der Waals surface area contributed by atoms with E-state index in [-0.39, 0.29) is 23.8 Å². The van der Waals surface area contributed by atoms with Crippen molar-refractivity contribution in [1.82, 2.24) is 9.29 Å². The average Bonchev–Trinajstić information content (AvgIpc) is 3.02. The van der Waals surface area contributed by atoms with Crippen LogP contribution in [0.1, 0.15) is 29.2 Å². The lowest BCUT2D eigenvalue weighted by molar-refractivity contribution is -0.142. The number of benzene rings is 3. The molecule has 0 radical (unpaired) electrons. The lowest BCUT2D eigenvalue weighted by Gasteiger charge is -2.45. The molecule has 43 heavy (non-hydrogen) atoms. The molecule has 2 fully saturated rings. The Bertz CT molecular complexity index is 1690. The number of morpholine rings is 1. The van der Waals surface area contributed by atoms with Gasteiger partial charge in [-0.2, -0.15) is 0 Å². The van der Waals surface area contributed by atoms with Crippen LogP contribution in [-0.2, 0) is 19.9 Å². The molecule has 2 unspecified atom stereocenters. The van der Waals surface area contributed by atoms with Crippen LogP contribution in [0.4, 0.5) is 14.5 Å². The highest BCUT2D eigenvalue weighted by Crippen LogP contribution is 2.48. The molecule has 2 atom stereocenters. The summed E-state index contributed by atoms with van der Waals surface area (Å²) < 4.78 is 39.8. The maximum absolute atomic E-state index is 14.0. The molecule has 2 aliphatic heterocycles. The number of hydrogen-bond acceptors (Lipinski definition) is 7. The Morgan fingerprint density at radius 2 is 1.67 bits per heavy atom. The van der Waals surface area contributed by atoms with Gasteiger partial charge in [0.1, 0.15) is 17.2 Å². The number of rotatable bonds is 6. The minimum Gasteiger partial charge on any atom is -0.439 e. The molecule has 3 aromatic carbocycles. The summed E-state index contributed by atoms with van der Waals surface area (Å²) in [6.07, 6.45) is -0.156. The molecule has 2 aliphatic rings. The lowest BCUT2D eigenvalue weighted by Crippen LogP contribution is -2.54. The highest BCUT2D eigenvalue weighted by atomic mass is 35.5. The molecule has 0 bridgehead atoms. The Hall–Kier alpha value is -3.99. The minimum atomic E-state index is -1.42. The maximum Gasteiger partial charge on any atom is 0.248 e. The summed E-state index contributed by atoms with van der Waals surface area (Å²) >= 11 is 11.1. The Kier molecular flexibility index (Phi) is 8.09. The zero-order valence-electron chi connectivity index (χ0n) is 22.8. The molecule has 7 nitrogen and oxygen atoms in total. The van der Waals surface area contributed by atoms with Crippen LogP contribution in [0.2, 0.25) is 5.02 Å². The first-order valence-electron chi connectivity index (χ1n) is 13.6. The van der Waals surface area contributed by atoms with E-state index in [2.05, 4.69) is 9.88 Å².